The Hall–Kier alpha value is -1.56. The van der Waals surface area contributed by atoms with Gasteiger partial charge in [-0.25, -0.2) is 4.79 Å². The number of urea groups is 1. The predicted octanol–water partition coefficient (Wildman–Crippen LogP) is 2.15. The molecule has 0 radical (unpaired) electrons. The maximum absolute atomic E-state index is 12.2. The highest BCUT2D eigenvalue weighted by atomic mass is 32.1. The van der Waals surface area contributed by atoms with Crippen LogP contribution in [0.1, 0.15) is 25.1 Å². The Morgan fingerprint density at radius 3 is 2.62 bits per heavy atom. The van der Waals surface area contributed by atoms with Crippen LogP contribution < -0.4 is 5.32 Å². The molecule has 0 aliphatic carbocycles. The second kappa shape index (κ2) is 7.45. The van der Waals surface area contributed by atoms with E-state index >= 15 is 0 Å². The summed E-state index contributed by atoms with van der Waals surface area (Å²) in [6.07, 6.45) is 0.838. The first kappa shape index (κ1) is 15.8. The molecule has 2 rings (SSSR count). The van der Waals surface area contributed by atoms with Crippen LogP contribution in [0.25, 0.3) is 0 Å². The average molecular weight is 309 g/mol. The van der Waals surface area contributed by atoms with E-state index in [0.29, 0.717) is 26.2 Å². The molecule has 1 aliphatic rings. The van der Waals surface area contributed by atoms with E-state index in [1.54, 1.807) is 16.2 Å². The minimum atomic E-state index is -0.0396. The Labute approximate surface area is 129 Å². The Morgan fingerprint density at radius 1 is 1.24 bits per heavy atom. The van der Waals surface area contributed by atoms with Crippen molar-refractivity contribution in [1.29, 1.82) is 0 Å². The van der Waals surface area contributed by atoms with Crippen LogP contribution in [0, 0.1) is 5.92 Å². The van der Waals surface area contributed by atoms with Crippen molar-refractivity contribution in [2.45, 2.75) is 26.8 Å². The quantitative estimate of drug-likeness (QED) is 0.930. The van der Waals surface area contributed by atoms with Crippen molar-refractivity contribution in [3.05, 3.63) is 22.4 Å². The smallest absolute Gasteiger partial charge is 0.317 e. The molecule has 1 fully saturated rings. The summed E-state index contributed by atoms with van der Waals surface area (Å²) in [5.41, 5.74) is 0. The Morgan fingerprint density at radius 2 is 1.95 bits per heavy atom. The second-order valence-corrected chi connectivity index (χ2v) is 6.59. The first-order valence-corrected chi connectivity index (χ1v) is 8.30. The van der Waals surface area contributed by atoms with Gasteiger partial charge in [-0.3, -0.25) is 4.79 Å². The molecule has 1 aliphatic heterocycles. The fourth-order valence-electron chi connectivity index (χ4n) is 2.39. The van der Waals surface area contributed by atoms with Gasteiger partial charge in [0.25, 0.3) is 0 Å². The molecule has 21 heavy (non-hydrogen) atoms. The lowest BCUT2D eigenvalue weighted by Gasteiger charge is -2.23. The summed E-state index contributed by atoms with van der Waals surface area (Å²) in [5.74, 6) is 0.194. The van der Waals surface area contributed by atoms with Crippen molar-refractivity contribution >= 4 is 23.3 Å². The summed E-state index contributed by atoms with van der Waals surface area (Å²) in [4.78, 5) is 29.0. The summed E-state index contributed by atoms with van der Waals surface area (Å²) in [6.45, 7) is 7.08. The van der Waals surface area contributed by atoms with Crippen LogP contribution in [0.2, 0.25) is 0 Å². The number of thiophene rings is 1. The van der Waals surface area contributed by atoms with E-state index < -0.39 is 0 Å². The maximum atomic E-state index is 12.2. The van der Waals surface area contributed by atoms with Gasteiger partial charge >= 0.3 is 6.03 Å². The summed E-state index contributed by atoms with van der Waals surface area (Å²) in [5, 5.41) is 4.95. The predicted molar refractivity (Wildman–Crippen MR) is 84.2 cm³/mol. The zero-order valence-electron chi connectivity index (χ0n) is 12.7. The number of rotatable bonds is 3. The maximum Gasteiger partial charge on any atom is 0.317 e. The van der Waals surface area contributed by atoms with Crippen molar-refractivity contribution in [3.63, 3.8) is 0 Å². The molecule has 1 aromatic heterocycles. The van der Waals surface area contributed by atoms with Crippen molar-refractivity contribution < 1.29 is 9.59 Å². The van der Waals surface area contributed by atoms with Crippen LogP contribution in [0.15, 0.2) is 17.5 Å². The Bertz CT molecular complexity index is 473. The van der Waals surface area contributed by atoms with Crippen LogP contribution in [-0.4, -0.2) is 47.9 Å². The number of hydrogen-bond donors (Lipinski definition) is 1. The van der Waals surface area contributed by atoms with Crippen LogP contribution in [0.5, 0.6) is 0 Å². The molecular weight excluding hydrogens is 286 g/mol. The third-order valence-electron chi connectivity index (χ3n) is 3.58. The molecule has 5 nitrogen and oxygen atoms in total. The number of nitrogens with zero attached hydrogens (tertiary/aromatic N) is 2. The molecule has 1 N–H and O–H groups in total. The Balaban J connectivity index is 1.81. The van der Waals surface area contributed by atoms with Gasteiger partial charge in [-0.15, -0.1) is 11.3 Å². The minimum absolute atomic E-state index is 0.0178. The van der Waals surface area contributed by atoms with Crippen molar-refractivity contribution in [2.75, 3.05) is 26.2 Å². The SMILES string of the molecule is CC(C)C(=O)N1CCCN(C(=O)NCc2cccs2)CC1. The molecule has 0 unspecified atom stereocenters. The van der Waals surface area contributed by atoms with Crippen LogP contribution in [0.3, 0.4) is 0 Å². The van der Waals surface area contributed by atoms with Gasteiger partial charge in [0.1, 0.15) is 0 Å². The van der Waals surface area contributed by atoms with Gasteiger partial charge in [-0.1, -0.05) is 19.9 Å². The van der Waals surface area contributed by atoms with Crippen molar-refractivity contribution in [3.8, 4) is 0 Å². The molecule has 0 spiro atoms. The number of nitrogens with one attached hydrogen (secondary N) is 1. The van der Waals surface area contributed by atoms with Crippen LogP contribution in [0.4, 0.5) is 4.79 Å². The van der Waals surface area contributed by atoms with Crippen LogP contribution in [-0.2, 0) is 11.3 Å². The highest BCUT2D eigenvalue weighted by molar-refractivity contribution is 7.09. The fraction of sp³-hybridized carbons (Fsp3) is 0.600. The molecule has 1 aromatic rings. The molecule has 6 heteroatoms. The molecular formula is C15H23N3O2S. The highest BCUT2D eigenvalue weighted by Gasteiger charge is 2.23. The number of amides is 3. The fourth-order valence-corrected chi connectivity index (χ4v) is 3.04. The van der Waals surface area contributed by atoms with Gasteiger partial charge in [0.15, 0.2) is 0 Å². The molecule has 0 atom stereocenters. The standard InChI is InChI=1S/C15H23N3O2S/c1-12(2)14(19)17-6-4-7-18(9-8-17)15(20)16-11-13-5-3-10-21-13/h3,5,10,12H,4,6-9,11H2,1-2H3,(H,16,20). The van der Waals surface area contributed by atoms with Crippen LogP contribution >= 0.6 is 11.3 Å². The lowest BCUT2D eigenvalue weighted by Crippen LogP contribution is -2.42. The zero-order chi connectivity index (χ0) is 15.2. The molecule has 1 saturated heterocycles. The van der Waals surface area contributed by atoms with Gasteiger partial charge in [0.2, 0.25) is 5.91 Å². The van der Waals surface area contributed by atoms with E-state index in [-0.39, 0.29) is 17.9 Å². The largest absolute Gasteiger partial charge is 0.341 e. The zero-order valence-corrected chi connectivity index (χ0v) is 13.5. The monoisotopic (exact) mass is 309 g/mol. The second-order valence-electron chi connectivity index (χ2n) is 5.56. The van der Waals surface area contributed by atoms with Gasteiger partial charge in [-0.05, 0) is 17.9 Å². The molecule has 116 valence electrons. The summed E-state index contributed by atoms with van der Waals surface area (Å²) >= 11 is 1.64. The van der Waals surface area contributed by atoms with E-state index in [0.717, 1.165) is 17.8 Å². The van der Waals surface area contributed by atoms with Gasteiger partial charge in [0.05, 0.1) is 6.54 Å². The summed E-state index contributed by atoms with van der Waals surface area (Å²) < 4.78 is 0. The van der Waals surface area contributed by atoms with E-state index in [1.165, 1.54) is 0 Å². The molecule has 0 bridgehead atoms. The lowest BCUT2D eigenvalue weighted by atomic mass is 10.2. The third kappa shape index (κ3) is 4.46. The summed E-state index contributed by atoms with van der Waals surface area (Å²) in [6, 6.07) is 3.95. The van der Waals surface area contributed by atoms with E-state index in [2.05, 4.69) is 5.32 Å². The lowest BCUT2D eigenvalue weighted by molar-refractivity contribution is -0.134. The van der Waals surface area contributed by atoms with Gasteiger partial charge in [-0.2, -0.15) is 0 Å². The van der Waals surface area contributed by atoms with E-state index in [1.807, 2.05) is 36.3 Å². The van der Waals surface area contributed by atoms with Crippen molar-refractivity contribution in [1.82, 2.24) is 15.1 Å². The van der Waals surface area contributed by atoms with Gasteiger partial charge < -0.3 is 15.1 Å². The Kier molecular flexibility index (Phi) is 5.61. The normalized spacial score (nSPS) is 16.0. The minimum Gasteiger partial charge on any atom is -0.341 e. The number of carbonyl (C=O) groups excluding carboxylic acids is 2. The molecule has 2 heterocycles. The van der Waals surface area contributed by atoms with E-state index in [4.69, 9.17) is 0 Å². The first-order chi connectivity index (χ1) is 10.1. The molecule has 3 amide bonds. The molecule has 0 saturated carbocycles. The topological polar surface area (TPSA) is 52.7 Å². The summed E-state index contributed by atoms with van der Waals surface area (Å²) in [7, 11) is 0. The number of carbonyl (C=O) groups is 2. The average Bonchev–Trinajstić information content (AvgIpc) is 2.86. The number of hydrogen-bond acceptors (Lipinski definition) is 3. The molecule has 0 aromatic carbocycles. The third-order valence-corrected chi connectivity index (χ3v) is 4.46. The van der Waals surface area contributed by atoms with E-state index in [9.17, 15) is 9.59 Å². The van der Waals surface area contributed by atoms with Gasteiger partial charge in [0, 0.05) is 37.0 Å². The highest BCUT2D eigenvalue weighted by Crippen LogP contribution is 2.10. The van der Waals surface area contributed by atoms with Crippen molar-refractivity contribution in [2.24, 2.45) is 5.92 Å². The first-order valence-electron chi connectivity index (χ1n) is 7.42.